The zero-order valence-corrected chi connectivity index (χ0v) is 54.4. The molecular weight excluding hydrogens is 1070 g/mol. The molecule has 10 radical (unpaired) electrons. The van der Waals surface area contributed by atoms with Crippen molar-refractivity contribution in [3.8, 4) is 16.8 Å². The third-order valence-electron chi connectivity index (χ3n) is 18.6. The van der Waals surface area contributed by atoms with Gasteiger partial charge in [0.15, 0.2) is 0 Å². The van der Waals surface area contributed by atoms with E-state index in [4.69, 9.17) is 43.6 Å². The van der Waals surface area contributed by atoms with Gasteiger partial charge in [0, 0.05) is 56.1 Å². The lowest BCUT2D eigenvalue weighted by molar-refractivity contribution is 0.590. The molecule has 11 aromatic rings. The molecule has 0 fully saturated rings. The van der Waals surface area contributed by atoms with Gasteiger partial charge < -0.3 is 23.7 Å². The van der Waals surface area contributed by atoms with Crippen LogP contribution in [0.15, 0.2) is 180 Å². The Morgan fingerprint density at radius 3 is 1.34 bits per heavy atom. The molecule has 0 amide bonds. The molecule has 430 valence electrons. The molecule has 13 rings (SSSR count). The third kappa shape index (κ3) is 9.92. The average molecular weight is 1150 g/mol. The van der Waals surface area contributed by atoms with Crippen molar-refractivity contribution in [2.45, 2.75) is 131 Å². The maximum atomic E-state index is 7.74. The first-order chi connectivity index (χ1) is 41.9. The third-order valence-corrected chi connectivity index (χ3v) is 18.6. The van der Waals surface area contributed by atoms with Crippen molar-refractivity contribution in [3.05, 3.63) is 204 Å². The quantitative estimate of drug-likeness (QED) is 0.149. The normalized spacial score (nSPS) is 13.5. The maximum absolute atomic E-state index is 7.74. The van der Waals surface area contributed by atoms with Gasteiger partial charge in [-0.1, -0.05) is 194 Å². The summed E-state index contributed by atoms with van der Waals surface area (Å²) in [6.07, 6.45) is 0. The second kappa shape index (κ2) is 21.0. The average Bonchev–Trinajstić information content (AvgIpc) is 1.59. The van der Waals surface area contributed by atoms with E-state index in [0.717, 1.165) is 107 Å². The molecule has 0 saturated carbocycles. The summed E-state index contributed by atoms with van der Waals surface area (Å²) < 4.78 is 10.3. The van der Waals surface area contributed by atoms with Gasteiger partial charge >= 0.3 is 6.71 Å². The molecule has 0 N–H and O–H groups in total. The van der Waals surface area contributed by atoms with E-state index in [-0.39, 0.29) is 54.4 Å². The van der Waals surface area contributed by atoms with Crippen LogP contribution in [0.5, 0.6) is 0 Å². The van der Waals surface area contributed by atoms with E-state index in [1.165, 1.54) is 22.3 Å². The first-order valence-electron chi connectivity index (χ1n) is 31.2. The molecule has 5 nitrogen and oxygen atoms in total. The van der Waals surface area contributed by atoms with Gasteiger partial charge in [-0.3, -0.25) is 0 Å². The van der Waals surface area contributed by atoms with Crippen molar-refractivity contribution < 1.29 is 4.42 Å². The first-order valence-corrected chi connectivity index (χ1v) is 31.2. The highest BCUT2D eigenvalue weighted by Gasteiger charge is 2.51. The SMILES string of the molecule is [B]c1c([B])c([B])c(-c2cc(C(C)(C)C)ccc2N2c3cc(N(c4ccccc4)c4ccccc4)cc4c3B(c3oc5ccc(C(C)(C)C)cc5c3N4c3ccc(C(C)(C)C)cc3)c3c2c2cc(C(C)(C)C)ccc2n3-c2ccc(C(C)(C)C)cc2)c([B])c1[B]. The number of hydrogen-bond acceptors (Lipinski definition) is 4. The Balaban J connectivity index is 1.29. The minimum absolute atomic E-state index is 0.0880. The van der Waals surface area contributed by atoms with Crippen LogP contribution in [0.3, 0.4) is 0 Å². The number of nitrogens with zero attached hydrogens (tertiary/aromatic N) is 4. The highest BCUT2D eigenvalue weighted by Crippen LogP contribution is 2.54. The molecule has 89 heavy (non-hydrogen) atoms. The smallest absolute Gasteiger partial charge is 0.318 e. The maximum Gasteiger partial charge on any atom is 0.318 e. The molecule has 0 atom stereocenters. The Hall–Kier alpha value is -8.15. The molecule has 0 saturated heterocycles. The van der Waals surface area contributed by atoms with Crippen molar-refractivity contribution in [1.82, 2.24) is 4.57 Å². The van der Waals surface area contributed by atoms with Gasteiger partial charge in [-0.25, -0.2) is 0 Å². The van der Waals surface area contributed by atoms with Crippen LogP contribution in [0.25, 0.3) is 38.7 Å². The molecule has 2 aromatic heterocycles. The van der Waals surface area contributed by atoms with Crippen molar-refractivity contribution in [1.29, 1.82) is 0 Å². The summed E-state index contributed by atoms with van der Waals surface area (Å²) in [5.74, 6) is 0. The Morgan fingerprint density at radius 1 is 0.382 bits per heavy atom. The fourth-order valence-electron chi connectivity index (χ4n) is 13.5. The number of fused-ring (bicyclic) bond motifs is 8. The molecule has 4 heterocycles. The molecule has 2 aliphatic rings. The van der Waals surface area contributed by atoms with E-state index in [2.05, 4.69) is 299 Å². The Labute approximate surface area is 535 Å². The van der Waals surface area contributed by atoms with Crippen LogP contribution < -0.4 is 58.7 Å². The van der Waals surface area contributed by atoms with E-state index in [1.54, 1.807) is 0 Å². The van der Waals surface area contributed by atoms with Gasteiger partial charge in [0.2, 0.25) is 0 Å². The standard InChI is InChI=1S/C78H74B6N4O/c1-74(2,3)45-26-33-52(34-27-45)86-60-43-54(85(50-22-18-16-19-23-50)51-24-20-17-21-25-51)44-61-69(60)84(73-71(86)57-42-49(78(13,14)15)32-39-62(57)89-73)72-70(56-41-48(77(10,11)12)31-38-59(56)87(72)53-35-28-46(29-36-53)75(4,5)6)88(61)58-37-30-47(76(7,8)9)40-55(58)63-64(79)66(81)68(83)67(82)65(63)80/h16-44H,1-15H3. The monoisotopic (exact) mass is 1150 g/mol. The van der Waals surface area contributed by atoms with Crippen LogP contribution in [-0.2, 0) is 27.1 Å². The topological polar surface area (TPSA) is 27.8 Å². The summed E-state index contributed by atoms with van der Waals surface area (Å²) >= 11 is 0. The minimum atomic E-state index is -0.490. The van der Waals surface area contributed by atoms with E-state index in [1.807, 2.05) is 0 Å². The predicted octanol–water partition coefficient (Wildman–Crippen LogP) is 14.1. The molecule has 11 heteroatoms. The van der Waals surface area contributed by atoms with E-state index >= 15 is 0 Å². The predicted molar refractivity (Wildman–Crippen MR) is 388 cm³/mol. The number of benzene rings is 9. The Bertz CT molecular complexity index is 4560. The minimum Gasteiger partial charge on any atom is -0.468 e. The number of rotatable bonds is 7. The van der Waals surface area contributed by atoms with Gasteiger partial charge in [-0.05, 0) is 163 Å². The van der Waals surface area contributed by atoms with Gasteiger partial charge in [0.05, 0.1) is 28.3 Å². The zero-order valence-electron chi connectivity index (χ0n) is 54.4. The second-order valence-corrected chi connectivity index (χ2v) is 29.9. The van der Waals surface area contributed by atoms with Crippen LogP contribution in [0.1, 0.15) is 132 Å². The summed E-state index contributed by atoms with van der Waals surface area (Å²) in [6, 6.07) is 65.1. The number of furan rings is 1. The fourth-order valence-corrected chi connectivity index (χ4v) is 13.5. The lowest BCUT2D eigenvalue weighted by Gasteiger charge is -2.43. The fraction of sp³-hybridized carbons (Fsp3) is 0.256. The highest BCUT2D eigenvalue weighted by atomic mass is 16.3. The highest BCUT2D eigenvalue weighted by molar-refractivity contribution is 7.00. The largest absolute Gasteiger partial charge is 0.468 e. The molecule has 2 aliphatic heterocycles. The molecule has 9 aromatic carbocycles. The molecule has 0 aliphatic carbocycles. The van der Waals surface area contributed by atoms with E-state index in [9.17, 15) is 0 Å². The molecular formula is C78H74B6N4O. The summed E-state index contributed by atoms with van der Waals surface area (Å²) in [5.41, 5.74) is 21.9. The van der Waals surface area contributed by atoms with E-state index < -0.39 is 6.71 Å². The molecule has 0 spiro atoms. The number of hydrogen-bond donors (Lipinski definition) is 0. The Morgan fingerprint density at radius 2 is 0.820 bits per heavy atom. The summed E-state index contributed by atoms with van der Waals surface area (Å²) in [5, 5.41) is 2.09. The van der Waals surface area contributed by atoms with Crippen molar-refractivity contribution in [2.24, 2.45) is 0 Å². The van der Waals surface area contributed by atoms with Crippen LogP contribution in [0, 0.1) is 0 Å². The van der Waals surface area contributed by atoms with E-state index in [0.29, 0.717) is 5.56 Å². The van der Waals surface area contributed by atoms with Gasteiger partial charge in [-0.15, -0.1) is 16.4 Å². The number of anilines is 9. The van der Waals surface area contributed by atoms with Crippen LogP contribution in [-0.4, -0.2) is 50.5 Å². The van der Waals surface area contributed by atoms with Crippen LogP contribution >= 0.6 is 0 Å². The summed E-state index contributed by atoms with van der Waals surface area (Å²) in [7, 11) is 35.3. The van der Waals surface area contributed by atoms with Gasteiger partial charge in [0.1, 0.15) is 50.5 Å². The van der Waals surface area contributed by atoms with Crippen LogP contribution in [0.2, 0.25) is 0 Å². The summed E-state index contributed by atoms with van der Waals surface area (Å²) in [4.78, 5) is 7.35. The summed E-state index contributed by atoms with van der Waals surface area (Å²) in [6.45, 7) is 33.5. The lowest BCUT2D eigenvalue weighted by Crippen LogP contribution is -2.62. The van der Waals surface area contributed by atoms with Crippen molar-refractivity contribution >= 4 is 163 Å². The first kappa shape index (κ1) is 59.8. The Kier molecular flexibility index (Phi) is 14.1. The van der Waals surface area contributed by atoms with Crippen molar-refractivity contribution in [3.63, 3.8) is 0 Å². The van der Waals surface area contributed by atoms with Crippen LogP contribution in [0.4, 0.5) is 51.2 Å². The molecule has 0 bridgehead atoms. The van der Waals surface area contributed by atoms with Gasteiger partial charge in [-0.2, -0.15) is 0 Å². The zero-order chi connectivity index (χ0) is 63.3. The number of para-hydroxylation sites is 2. The second-order valence-electron chi connectivity index (χ2n) is 29.9. The molecule has 0 unspecified atom stereocenters. The van der Waals surface area contributed by atoms with Crippen molar-refractivity contribution in [2.75, 3.05) is 14.7 Å². The number of aromatic nitrogens is 1. The lowest BCUT2D eigenvalue weighted by atomic mass is 9.37. The van der Waals surface area contributed by atoms with Gasteiger partial charge in [0.25, 0.3) is 0 Å².